The third-order valence-corrected chi connectivity index (χ3v) is 2.10. The molecule has 0 radical (unpaired) electrons. The quantitative estimate of drug-likeness (QED) is 0.400. The van der Waals surface area contributed by atoms with E-state index in [0.717, 1.165) is 12.6 Å². The molecule has 0 aliphatic carbocycles. The average molecular weight is 214 g/mol. The number of rotatable bonds is 2. The van der Waals surface area contributed by atoms with Gasteiger partial charge in [-0.05, 0) is 39.5 Å². The standard InChI is InChI=1S/C14H14O2/c1-11(13(3)9-15)7-5-6-8-12(2)14(4)10-16/h9-10H,1-4H3. The van der Waals surface area contributed by atoms with Crippen LogP contribution in [0.15, 0.2) is 22.3 Å². The van der Waals surface area contributed by atoms with Crippen LogP contribution in [0.4, 0.5) is 0 Å². The number of aldehydes is 2. The van der Waals surface area contributed by atoms with Gasteiger partial charge < -0.3 is 0 Å². The first-order valence-corrected chi connectivity index (χ1v) is 4.80. The minimum absolute atomic E-state index is 0.602. The summed E-state index contributed by atoms with van der Waals surface area (Å²) in [5.41, 5.74) is 2.62. The van der Waals surface area contributed by atoms with Crippen molar-refractivity contribution in [2.75, 3.05) is 0 Å². The normalized spacial score (nSPS) is 12.0. The van der Waals surface area contributed by atoms with Gasteiger partial charge in [-0.2, -0.15) is 0 Å². The lowest BCUT2D eigenvalue weighted by molar-refractivity contribution is -0.105. The number of hydrogen-bond donors (Lipinski definition) is 0. The van der Waals surface area contributed by atoms with Crippen molar-refractivity contribution in [3.8, 4) is 23.7 Å². The average Bonchev–Trinajstić information content (AvgIpc) is 2.31. The number of allylic oxidation sites excluding steroid dienone is 4. The highest BCUT2D eigenvalue weighted by atomic mass is 16.1. The molecule has 0 bridgehead atoms. The zero-order chi connectivity index (χ0) is 12.6. The molecule has 2 heteroatoms. The van der Waals surface area contributed by atoms with Gasteiger partial charge in [-0.25, -0.2) is 0 Å². The Morgan fingerprint density at radius 3 is 1.31 bits per heavy atom. The molecule has 82 valence electrons. The summed E-state index contributed by atoms with van der Waals surface area (Å²) in [5.74, 6) is 10.8. The van der Waals surface area contributed by atoms with E-state index in [1.165, 1.54) is 0 Å². The smallest absolute Gasteiger partial charge is 0.146 e. The number of hydrogen-bond acceptors (Lipinski definition) is 2. The summed E-state index contributed by atoms with van der Waals surface area (Å²) in [7, 11) is 0. The molecule has 0 unspecified atom stereocenters. The Bertz CT molecular complexity index is 422. The van der Waals surface area contributed by atoms with Crippen LogP contribution >= 0.6 is 0 Å². The molecule has 0 aromatic carbocycles. The summed E-state index contributed by atoms with van der Waals surface area (Å²) < 4.78 is 0. The van der Waals surface area contributed by atoms with Gasteiger partial charge in [0.15, 0.2) is 0 Å². The van der Waals surface area contributed by atoms with Crippen LogP contribution in [0.2, 0.25) is 0 Å². The first kappa shape index (κ1) is 13.9. The molecule has 0 saturated heterocycles. The van der Waals surface area contributed by atoms with E-state index < -0.39 is 0 Å². The molecule has 0 heterocycles. The Morgan fingerprint density at radius 1 is 0.750 bits per heavy atom. The van der Waals surface area contributed by atoms with Gasteiger partial charge in [0.1, 0.15) is 12.6 Å². The molecule has 0 fully saturated rings. The number of carbonyl (C=O) groups excluding carboxylic acids is 2. The zero-order valence-corrected chi connectivity index (χ0v) is 9.97. The third kappa shape index (κ3) is 4.98. The second-order valence-electron chi connectivity index (χ2n) is 3.35. The largest absolute Gasteiger partial charge is 0.298 e. The Kier molecular flexibility index (Phi) is 6.33. The van der Waals surface area contributed by atoms with Gasteiger partial charge in [0.25, 0.3) is 0 Å². The first-order valence-electron chi connectivity index (χ1n) is 4.80. The zero-order valence-electron chi connectivity index (χ0n) is 9.97. The molecule has 0 N–H and O–H groups in total. The van der Waals surface area contributed by atoms with Crippen LogP contribution in [0.1, 0.15) is 27.7 Å². The van der Waals surface area contributed by atoms with Crippen LogP contribution in [-0.4, -0.2) is 12.6 Å². The van der Waals surface area contributed by atoms with Crippen LogP contribution in [0.5, 0.6) is 0 Å². The van der Waals surface area contributed by atoms with Crippen molar-refractivity contribution in [1.82, 2.24) is 0 Å². The third-order valence-electron chi connectivity index (χ3n) is 2.10. The van der Waals surface area contributed by atoms with E-state index in [9.17, 15) is 9.59 Å². The fourth-order valence-corrected chi connectivity index (χ4v) is 0.624. The lowest BCUT2D eigenvalue weighted by Crippen LogP contribution is -1.82. The Morgan fingerprint density at radius 2 is 1.06 bits per heavy atom. The predicted octanol–water partition coefficient (Wildman–Crippen LogP) is 2.06. The Balaban J connectivity index is 4.85. The SMILES string of the molecule is CC(C#CC#CC(C)=C(C)C=O)=C(C)C=O. The molecule has 0 amide bonds. The van der Waals surface area contributed by atoms with Crippen LogP contribution in [0.25, 0.3) is 0 Å². The van der Waals surface area contributed by atoms with Gasteiger partial charge in [0.2, 0.25) is 0 Å². The van der Waals surface area contributed by atoms with Gasteiger partial charge in [0.05, 0.1) is 0 Å². The van der Waals surface area contributed by atoms with Crippen LogP contribution in [0.3, 0.4) is 0 Å². The van der Waals surface area contributed by atoms with Crippen molar-refractivity contribution < 1.29 is 9.59 Å². The van der Waals surface area contributed by atoms with Gasteiger partial charge in [-0.1, -0.05) is 11.8 Å². The Labute approximate surface area is 96.4 Å². The van der Waals surface area contributed by atoms with Crippen molar-refractivity contribution in [3.05, 3.63) is 22.3 Å². The molecule has 0 aromatic rings. The van der Waals surface area contributed by atoms with Gasteiger partial charge >= 0.3 is 0 Å². The fourth-order valence-electron chi connectivity index (χ4n) is 0.624. The van der Waals surface area contributed by atoms with Crippen LogP contribution in [-0.2, 0) is 9.59 Å². The van der Waals surface area contributed by atoms with E-state index >= 15 is 0 Å². The minimum atomic E-state index is 0.602. The van der Waals surface area contributed by atoms with E-state index in [2.05, 4.69) is 23.7 Å². The fraction of sp³-hybridized carbons (Fsp3) is 0.286. The monoisotopic (exact) mass is 214 g/mol. The summed E-state index contributed by atoms with van der Waals surface area (Å²) in [6.07, 6.45) is 1.53. The molecular weight excluding hydrogens is 200 g/mol. The van der Waals surface area contributed by atoms with E-state index in [0.29, 0.717) is 22.3 Å². The van der Waals surface area contributed by atoms with Crippen molar-refractivity contribution in [2.45, 2.75) is 27.7 Å². The summed E-state index contributed by atoms with van der Waals surface area (Å²) in [6.45, 7) is 6.92. The molecule has 0 aliphatic rings. The van der Waals surface area contributed by atoms with Gasteiger partial charge in [-0.3, -0.25) is 9.59 Å². The molecule has 0 aliphatic heterocycles. The molecule has 0 spiro atoms. The minimum Gasteiger partial charge on any atom is -0.298 e. The summed E-state index contributed by atoms with van der Waals surface area (Å²) in [4.78, 5) is 20.8. The van der Waals surface area contributed by atoms with Crippen LogP contribution in [0, 0.1) is 23.7 Å². The molecule has 0 rings (SSSR count). The summed E-state index contributed by atoms with van der Waals surface area (Å²) in [5, 5.41) is 0. The first-order chi connectivity index (χ1) is 7.52. The van der Waals surface area contributed by atoms with Gasteiger partial charge in [-0.15, -0.1) is 0 Å². The van der Waals surface area contributed by atoms with E-state index in [4.69, 9.17) is 0 Å². The molecule has 16 heavy (non-hydrogen) atoms. The number of carbonyl (C=O) groups is 2. The van der Waals surface area contributed by atoms with E-state index in [-0.39, 0.29) is 0 Å². The molecule has 0 saturated carbocycles. The van der Waals surface area contributed by atoms with Crippen LogP contribution < -0.4 is 0 Å². The van der Waals surface area contributed by atoms with E-state index in [1.807, 2.05) is 0 Å². The molecule has 2 nitrogen and oxygen atoms in total. The molecule has 0 aromatic heterocycles. The second-order valence-corrected chi connectivity index (χ2v) is 3.35. The second kappa shape index (κ2) is 7.26. The highest BCUT2D eigenvalue weighted by Gasteiger charge is 1.89. The highest BCUT2D eigenvalue weighted by molar-refractivity contribution is 5.76. The van der Waals surface area contributed by atoms with Crippen molar-refractivity contribution in [2.24, 2.45) is 0 Å². The summed E-state index contributed by atoms with van der Waals surface area (Å²) in [6, 6.07) is 0. The van der Waals surface area contributed by atoms with E-state index in [1.54, 1.807) is 27.7 Å². The molecular formula is C14H14O2. The lowest BCUT2D eigenvalue weighted by Gasteiger charge is -1.88. The topological polar surface area (TPSA) is 34.1 Å². The van der Waals surface area contributed by atoms with Crippen molar-refractivity contribution >= 4 is 12.6 Å². The van der Waals surface area contributed by atoms with Crippen molar-refractivity contribution in [1.29, 1.82) is 0 Å². The maximum absolute atomic E-state index is 10.4. The lowest BCUT2D eigenvalue weighted by atomic mass is 10.1. The van der Waals surface area contributed by atoms with Crippen molar-refractivity contribution in [3.63, 3.8) is 0 Å². The highest BCUT2D eigenvalue weighted by Crippen LogP contribution is 1.98. The predicted molar refractivity (Wildman–Crippen MR) is 64.4 cm³/mol. The Hall–Kier alpha value is -2.06. The maximum Gasteiger partial charge on any atom is 0.146 e. The molecule has 0 atom stereocenters. The van der Waals surface area contributed by atoms with Gasteiger partial charge in [0, 0.05) is 22.3 Å². The maximum atomic E-state index is 10.4. The summed E-state index contributed by atoms with van der Waals surface area (Å²) >= 11 is 0.